The van der Waals surface area contributed by atoms with E-state index in [-0.39, 0.29) is 23.8 Å². The van der Waals surface area contributed by atoms with Crippen molar-refractivity contribution in [2.75, 3.05) is 0 Å². The minimum atomic E-state index is -5.85. The Kier molecular flexibility index (Phi) is 6.78. The lowest BCUT2D eigenvalue weighted by Gasteiger charge is -2.23. The van der Waals surface area contributed by atoms with Gasteiger partial charge in [-0.3, -0.25) is 0 Å². The molecule has 4 aromatic rings. The Balaban J connectivity index is 1.43. The van der Waals surface area contributed by atoms with E-state index in [1.807, 2.05) is 6.07 Å². The van der Waals surface area contributed by atoms with Crippen molar-refractivity contribution >= 4 is 33.2 Å². The van der Waals surface area contributed by atoms with Crippen molar-refractivity contribution < 1.29 is 57.1 Å². The topological polar surface area (TPSA) is 80.3 Å². The molecule has 39 heavy (non-hydrogen) atoms. The standard InChI is InChI=1S/C24H12F6O7S2/c25-23(26,27)36-37-38-34-14-6-4-13(5-7-14)16-10-11-19-17-9-8-15(35-39(31,32)24(28,29)30)12-21(17)33-20-3-1-2-18(16)22(19)20/h1-12H. The molecule has 0 atom stereocenters. The van der Waals surface area contributed by atoms with Crippen LogP contribution in [0.25, 0.3) is 33.0 Å². The first-order valence-electron chi connectivity index (χ1n) is 10.6. The molecule has 0 bridgehead atoms. The van der Waals surface area contributed by atoms with Crippen LogP contribution < -0.4 is 13.1 Å². The number of rotatable bonds is 7. The van der Waals surface area contributed by atoms with Crippen LogP contribution in [0.2, 0.25) is 0 Å². The van der Waals surface area contributed by atoms with E-state index in [0.29, 0.717) is 22.3 Å². The number of hydrogen-bond acceptors (Lipinski definition) is 8. The molecule has 5 rings (SSSR count). The van der Waals surface area contributed by atoms with Crippen molar-refractivity contribution in [3.8, 4) is 45.3 Å². The molecule has 0 aliphatic carbocycles. The largest absolute Gasteiger partial charge is 0.550 e. The molecule has 0 amide bonds. The first-order valence-corrected chi connectivity index (χ1v) is 12.6. The average Bonchev–Trinajstić information content (AvgIpc) is 2.86. The Hall–Kier alpha value is -3.66. The van der Waals surface area contributed by atoms with Crippen molar-refractivity contribution in [3.05, 3.63) is 72.8 Å². The summed E-state index contributed by atoms with van der Waals surface area (Å²) >= 11 is -0.00629. The highest BCUT2D eigenvalue weighted by atomic mass is 32.2. The molecular weight excluding hydrogens is 578 g/mol. The highest BCUT2D eigenvalue weighted by molar-refractivity contribution is 7.90. The second-order valence-electron chi connectivity index (χ2n) is 7.86. The van der Waals surface area contributed by atoms with Crippen LogP contribution in [-0.2, 0) is 19.3 Å². The zero-order valence-corrected chi connectivity index (χ0v) is 20.5. The zero-order chi connectivity index (χ0) is 28.0. The molecule has 7 nitrogen and oxygen atoms in total. The summed E-state index contributed by atoms with van der Waals surface area (Å²) in [7, 11) is -5.85. The van der Waals surface area contributed by atoms with Crippen LogP contribution in [0.1, 0.15) is 0 Å². The van der Waals surface area contributed by atoms with Gasteiger partial charge in [-0.2, -0.15) is 21.6 Å². The van der Waals surface area contributed by atoms with Gasteiger partial charge in [-0.05, 0) is 52.4 Å². The van der Waals surface area contributed by atoms with Crippen molar-refractivity contribution in [3.63, 3.8) is 0 Å². The minimum Gasteiger partial charge on any atom is -0.456 e. The lowest BCUT2D eigenvalue weighted by molar-refractivity contribution is -0.441. The summed E-state index contributed by atoms with van der Waals surface area (Å²) in [5.74, 6) is 0.119. The Morgan fingerprint density at radius 1 is 0.744 bits per heavy atom. The summed E-state index contributed by atoms with van der Waals surface area (Å²) in [5, 5.41) is 1.47. The second-order valence-corrected chi connectivity index (χ2v) is 9.83. The van der Waals surface area contributed by atoms with E-state index in [1.54, 1.807) is 36.4 Å². The number of alkyl halides is 6. The van der Waals surface area contributed by atoms with Gasteiger partial charge in [0, 0.05) is 17.0 Å². The maximum atomic E-state index is 12.7. The van der Waals surface area contributed by atoms with E-state index in [0.717, 1.165) is 28.6 Å². The first-order chi connectivity index (χ1) is 18.3. The Morgan fingerprint density at radius 2 is 1.41 bits per heavy atom. The number of ether oxygens (including phenoxy) is 1. The SMILES string of the molecule is O=S(=O)(Oc1ccc2c(c1)Oc1cccc3c(-c4ccc(OSOOC(F)(F)F)cc4)ccc-2c13)C(F)(F)F. The second kappa shape index (κ2) is 9.82. The molecule has 4 aromatic carbocycles. The van der Waals surface area contributed by atoms with Crippen LogP contribution in [0, 0.1) is 0 Å². The van der Waals surface area contributed by atoms with E-state index in [4.69, 9.17) is 8.92 Å². The van der Waals surface area contributed by atoms with Crippen LogP contribution in [0.4, 0.5) is 26.3 Å². The van der Waals surface area contributed by atoms with E-state index in [1.165, 1.54) is 18.2 Å². The van der Waals surface area contributed by atoms with Crippen LogP contribution in [0.15, 0.2) is 72.8 Å². The van der Waals surface area contributed by atoms with Crippen LogP contribution >= 0.6 is 12.3 Å². The summed E-state index contributed by atoms with van der Waals surface area (Å²) in [4.78, 5) is 3.14. The Labute approximate surface area is 220 Å². The highest BCUT2D eigenvalue weighted by Crippen LogP contribution is 2.49. The fourth-order valence-electron chi connectivity index (χ4n) is 3.88. The zero-order valence-electron chi connectivity index (χ0n) is 18.9. The van der Waals surface area contributed by atoms with E-state index in [9.17, 15) is 34.8 Å². The smallest absolute Gasteiger partial charge is 0.456 e. The van der Waals surface area contributed by atoms with Crippen LogP contribution in [0.3, 0.4) is 0 Å². The molecular formula is C24H12F6O7S2. The van der Waals surface area contributed by atoms with Gasteiger partial charge in [-0.1, -0.05) is 36.4 Å². The van der Waals surface area contributed by atoms with E-state index >= 15 is 0 Å². The quantitative estimate of drug-likeness (QED) is 0.0360. The average molecular weight is 590 g/mol. The predicted molar refractivity (Wildman–Crippen MR) is 127 cm³/mol. The van der Waals surface area contributed by atoms with Crippen molar-refractivity contribution in [2.45, 2.75) is 11.9 Å². The Bertz CT molecular complexity index is 1650. The third kappa shape index (κ3) is 5.56. The number of hydrogen-bond donors (Lipinski definition) is 0. The van der Waals surface area contributed by atoms with Gasteiger partial charge in [0.15, 0.2) is 0 Å². The molecule has 1 aliphatic heterocycles. The molecule has 0 fully saturated rings. The maximum absolute atomic E-state index is 12.7. The molecule has 15 heteroatoms. The molecule has 0 unspecified atom stereocenters. The lowest BCUT2D eigenvalue weighted by atomic mass is 9.90. The highest BCUT2D eigenvalue weighted by Gasteiger charge is 2.48. The van der Waals surface area contributed by atoms with Crippen molar-refractivity contribution in [2.24, 2.45) is 0 Å². The maximum Gasteiger partial charge on any atom is 0.550 e. The van der Waals surface area contributed by atoms with Crippen molar-refractivity contribution in [1.29, 1.82) is 0 Å². The van der Waals surface area contributed by atoms with Gasteiger partial charge in [0.05, 0.1) is 0 Å². The molecule has 1 aliphatic rings. The van der Waals surface area contributed by atoms with Gasteiger partial charge in [0.25, 0.3) is 12.3 Å². The molecule has 1 heterocycles. The summed E-state index contributed by atoms with van der Waals surface area (Å²) in [6.45, 7) is 0. The molecule has 0 spiro atoms. The van der Waals surface area contributed by atoms with Crippen LogP contribution in [-0.4, -0.2) is 20.3 Å². The molecule has 0 saturated carbocycles. The Morgan fingerprint density at radius 3 is 2.10 bits per heavy atom. The fraction of sp³-hybridized carbons (Fsp3) is 0.0833. The fourth-order valence-corrected chi connectivity index (χ4v) is 4.66. The summed E-state index contributed by atoms with van der Waals surface area (Å²) in [5.41, 5.74) is -2.89. The predicted octanol–water partition coefficient (Wildman–Crippen LogP) is 7.92. The first kappa shape index (κ1) is 26.9. The summed E-state index contributed by atoms with van der Waals surface area (Å²) < 4.78 is 116. The van der Waals surface area contributed by atoms with E-state index < -0.39 is 27.7 Å². The number of fused-ring (bicyclic) bond motifs is 2. The van der Waals surface area contributed by atoms with Gasteiger partial charge >= 0.3 is 22.0 Å². The van der Waals surface area contributed by atoms with Gasteiger partial charge in [-0.15, -0.1) is 22.4 Å². The van der Waals surface area contributed by atoms with E-state index in [2.05, 4.69) is 13.4 Å². The third-order valence-corrected chi connectivity index (χ3v) is 6.77. The van der Waals surface area contributed by atoms with Gasteiger partial charge in [0.1, 0.15) is 23.0 Å². The van der Waals surface area contributed by atoms with Crippen molar-refractivity contribution in [1.82, 2.24) is 0 Å². The lowest BCUT2D eigenvalue weighted by Crippen LogP contribution is -2.28. The van der Waals surface area contributed by atoms with Gasteiger partial charge in [0.2, 0.25) is 0 Å². The van der Waals surface area contributed by atoms with Gasteiger partial charge < -0.3 is 13.1 Å². The molecule has 0 saturated heterocycles. The summed E-state index contributed by atoms with van der Waals surface area (Å²) in [6.07, 6.45) is -4.97. The van der Waals surface area contributed by atoms with Gasteiger partial charge in [-0.25, -0.2) is 0 Å². The molecule has 0 radical (unpaired) electrons. The normalized spacial score (nSPS) is 13.1. The molecule has 0 N–H and O–H groups in total. The van der Waals surface area contributed by atoms with Crippen LogP contribution in [0.5, 0.6) is 23.0 Å². The number of benzene rings is 4. The number of halogens is 6. The monoisotopic (exact) mass is 590 g/mol. The third-order valence-electron chi connectivity index (χ3n) is 5.41. The summed E-state index contributed by atoms with van der Waals surface area (Å²) in [6, 6.07) is 18.7. The molecule has 0 aromatic heterocycles. The molecule has 204 valence electrons. The minimum absolute atomic E-state index is 0.00629.